The molecular formula is C11H15NO2. The summed E-state index contributed by atoms with van der Waals surface area (Å²) >= 11 is 0. The molecule has 3 heteroatoms. The number of hydrogen-bond acceptors (Lipinski definition) is 2. The quantitative estimate of drug-likeness (QED) is 0.764. The van der Waals surface area contributed by atoms with Crippen LogP contribution in [0, 0.1) is 0 Å². The first-order chi connectivity index (χ1) is 6.52. The number of carbonyl (C=O) groups is 1. The van der Waals surface area contributed by atoms with E-state index in [1.807, 2.05) is 30.3 Å². The van der Waals surface area contributed by atoms with Crippen molar-refractivity contribution in [2.24, 2.45) is 0 Å². The maximum Gasteiger partial charge on any atom is 0.323 e. The molecular weight excluding hydrogens is 178 g/mol. The van der Waals surface area contributed by atoms with Crippen LogP contribution >= 0.6 is 0 Å². The zero-order valence-electron chi connectivity index (χ0n) is 8.45. The van der Waals surface area contributed by atoms with E-state index in [1.165, 1.54) is 0 Å². The third kappa shape index (κ3) is 2.85. The van der Waals surface area contributed by atoms with E-state index in [4.69, 9.17) is 5.11 Å². The fourth-order valence-electron chi connectivity index (χ4n) is 0.995. The first-order valence-corrected chi connectivity index (χ1v) is 4.55. The van der Waals surface area contributed by atoms with Gasteiger partial charge in [-0.3, -0.25) is 10.1 Å². The SMILES string of the molecule is CC(C)(NCc1ccccc1)C(=O)O. The van der Waals surface area contributed by atoms with E-state index in [-0.39, 0.29) is 0 Å². The van der Waals surface area contributed by atoms with E-state index in [2.05, 4.69) is 5.32 Å². The Kier molecular flexibility index (Phi) is 3.25. The molecule has 14 heavy (non-hydrogen) atoms. The average Bonchev–Trinajstić information content (AvgIpc) is 2.16. The molecule has 3 nitrogen and oxygen atoms in total. The van der Waals surface area contributed by atoms with Gasteiger partial charge >= 0.3 is 5.97 Å². The van der Waals surface area contributed by atoms with Gasteiger partial charge in [0.05, 0.1) is 0 Å². The van der Waals surface area contributed by atoms with Crippen molar-refractivity contribution in [2.75, 3.05) is 0 Å². The molecule has 1 rings (SSSR count). The number of rotatable bonds is 4. The Morgan fingerprint density at radius 3 is 2.43 bits per heavy atom. The van der Waals surface area contributed by atoms with E-state index in [1.54, 1.807) is 13.8 Å². The molecule has 0 bridgehead atoms. The molecule has 0 radical (unpaired) electrons. The van der Waals surface area contributed by atoms with Gasteiger partial charge in [-0.15, -0.1) is 0 Å². The minimum Gasteiger partial charge on any atom is -0.480 e. The smallest absolute Gasteiger partial charge is 0.323 e. The largest absolute Gasteiger partial charge is 0.480 e. The van der Waals surface area contributed by atoms with Gasteiger partial charge in [0.2, 0.25) is 0 Å². The highest BCUT2D eigenvalue weighted by atomic mass is 16.4. The monoisotopic (exact) mass is 193 g/mol. The maximum absolute atomic E-state index is 10.8. The van der Waals surface area contributed by atoms with Crippen molar-refractivity contribution in [3.8, 4) is 0 Å². The first-order valence-electron chi connectivity index (χ1n) is 4.55. The highest BCUT2D eigenvalue weighted by Gasteiger charge is 2.25. The number of hydrogen-bond donors (Lipinski definition) is 2. The second kappa shape index (κ2) is 4.24. The summed E-state index contributed by atoms with van der Waals surface area (Å²) in [5, 5.41) is 11.8. The van der Waals surface area contributed by atoms with Gasteiger partial charge in [-0.05, 0) is 19.4 Å². The van der Waals surface area contributed by atoms with Crippen molar-refractivity contribution in [3.05, 3.63) is 35.9 Å². The van der Waals surface area contributed by atoms with Gasteiger partial charge in [0.1, 0.15) is 5.54 Å². The summed E-state index contributed by atoms with van der Waals surface area (Å²) in [6.07, 6.45) is 0. The summed E-state index contributed by atoms with van der Waals surface area (Å²) in [6, 6.07) is 9.73. The van der Waals surface area contributed by atoms with E-state index in [0.29, 0.717) is 6.54 Å². The number of aliphatic carboxylic acids is 1. The molecule has 0 aliphatic carbocycles. The topological polar surface area (TPSA) is 49.3 Å². The van der Waals surface area contributed by atoms with E-state index >= 15 is 0 Å². The van der Waals surface area contributed by atoms with Crippen molar-refractivity contribution in [1.82, 2.24) is 5.32 Å². The maximum atomic E-state index is 10.8. The molecule has 0 aromatic heterocycles. The predicted octanol–water partition coefficient (Wildman–Crippen LogP) is 1.64. The molecule has 1 aromatic rings. The summed E-state index contributed by atoms with van der Waals surface area (Å²) in [6.45, 7) is 3.87. The lowest BCUT2D eigenvalue weighted by Gasteiger charge is -2.20. The van der Waals surface area contributed by atoms with Crippen molar-refractivity contribution in [2.45, 2.75) is 25.9 Å². The fraction of sp³-hybridized carbons (Fsp3) is 0.364. The molecule has 0 saturated heterocycles. The Morgan fingerprint density at radius 2 is 1.93 bits per heavy atom. The molecule has 0 amide bonds. The molecule has 0 saturated carbocycles. The van der Waals surface area contributed by atoms with Crippen LogP contribution in [-0.4, -0.2) is 16.6 Å². The highest BCUT2D eigenvalue weighted by Crippen LogP contribution is 2.05. The highest BCUT2D eigenvalue weighted by molar-refractivity contribution is 5.77. The summed E-state index contributed by atoms with van der Waals surface area (Å²) in [5.74, 6) is -0.839. The van der Waals surface area contributed by atoms with E-state index in [9.17, 15) is 4.79 Å². The molecule has 0 fully saturated rings. The van der Waals surface area contributed by atoms with Crippen LogP contribution in [-0.2, 0) is 11.3 Å². The third-order valence-corrected chi connectivity index (χ3v) is 2.11. The normalized spacial score (nSPS) is 11.3. The summed E-state index contributed by atoms with van der Waals surface area (Å²) in [5.41, 5.74) is 0.206. The molecule has 0 aliphatic rings. The van der Waals surface area contributed by atoms with Gasteiger partial charge in [0, 0.05) is 6.54 Å². The Bertz CT molecular complexity index is 306. The minimum absolute atomic E-state index is 0.570. The van der Waals surface area contributed by atoms with Crippen LogP contribution in [0.5, 0.6) is 0 Å². The standard InChI is InChI=1S/C11H15NO2/c1-11(2,10(13)14)12-8-9-6-4-3-5-7-9/h3-7,12H,8H2,1-2H3,(H,13,14). The van der Waals surface area contributed by atoms with E-state index in [0.717, 1.165) is 5.56 Å². The summed E-state index contributed by atoms with van der Waals surface area (Å²) in [4.78, 5) is 10.8. The van der Waals surface area contributed by atoms with Crippen molar-refractivity contribution in [1.29, 1.82) is 0 Å². The van der Waals surface area contributed by atoms with Gasteiger partial charge in [-0.2, -0.15) is 0 Å². The molecule has 1 aromatic carbocycles. The van der Waals surface area contributed by atoms with Gasteiger partial charge < -0.3 is 5.11 Å². The minimum atomic E-state index is -0.879. The summed E-state index contributed by atoms with van der Waals surface area (Å²) < 4.78 is 0. The Morgan fingerprint density at radius 1 is 1.36 bits per heavy atom. The van der Waals surface area contributed by atoms with Crippen LogP contribution in [0.15, 0.2) is 30.3 Å². The van der Waals surface area contributed by atoms with Crippen LogP contribution < -0.4 is 5.32 Å². The predicted molar refractivity (Wildman–Crippen MR) is 55.0 cm³/mol. The van der Waals surface area contributed by atoms with Gasteiger partial charge in [-0.25, -0.2) is 0 Å². The van der Waals surface area contributed by atoms with Gasteiger partial charge in [0.25, 0.3) is 0 Å². The molecule has 2 N–H and O–H groups in total. The molecule has 0 unspecified atom stereocenters. The van der Waals surface area contributed by atoms with Crippen LogP contribution in [0.4, 0.5) is 0 Å². The van der Waals surface area contributed by atoms with E-state index < -0.39 is 11.5 Å². The summed E-state index contributed by atoms with van der Waals surface area (Å²) in [7, 11) is 0. The van der Waals surface area contributed by atoms with Gasteiger partial charge in [0.15, 0.2) is 0 Å². The molecule has 76 valence electrons. The second-order valence-corrected chi connectivity index (χ2v) is 3.77. The van der Waals surface area contributed by atoms with Crippen LogP contribution in [0.1, 0.15) is 19.4 Å². The lowest BCUT2D eigenvalue weighted by Crippen LogP contribution is -2.46. The Hall–Kier alpha value is -1.35. The third-order valence-electron chi connectivity index (χ3n) is 2.11. The van der Waals surface area contributed by atoms with Gasteiger partial charge in [-0.1, -0.05) is 30.3 Å². The van der Waals surface area contributed by atoms with Crippen LogP contribution in [0.3, 0.4) is 0 Å². The second-order valence-electron chi connectivity index (χ2n) is 3.77. The van der Waals surface area contributed by atoms with Crippen LogP contribution in [0.2, 0.25) is 0 Å². The van der Waals surface area contributed by atoms with Crippen LogP contribution in [0.25, 0.3) is 0 Å². The molecule has 0 atom stereocenters. The van der Waals surface area contributed by atoms with Crippen molar-refractivity contribution < 1.29 is 9.90 Å². The first kappa shape index (κ1) is 10.7. The number of benzene rings is 1. The number of carboxylic acids is 1. The molecule has 0 aliphatic heterocycles. The van der Waals surface area contributed by atoms with Crippen molar-refractivity contribution in [3.63, 3.8) is 0 Å². The zero-order chi connectivity index (χ0) is 10.6. The fourth-order valence-corrected chi connectivity index (χ4v) is 0.995. The lowest BCUT2D eigenvalue weighted by atomic mass is 10.1. The zero-order valence-corrected chi connectivity index (χ0v) is 8.45. The Balaban J connectivity index is 2.53. The number of nitrogens with one attached hydrogen (secondary N) is 1. The number of carboxylic acid groups (broad SMARTS) is 1. The molecule has 0 spiro atoms. The Labute approximate surface area is 83.8 Å². The van der Waals surface area contributed by atoms with Crippen molar-refractivity contribution >= 4 is 5.97 Å². The molecule has 0 heterocycles. The lowest BCUT2D eigenvalue weighted by molar-refractivity contribution is -0.143. The average molecular weight is 193 g/mol.